The minimum Gasteiger partial charge on any atom is -0.454 e. The van der Waals surface area contributed by atoms with E-state index in [-0.39, 0.29) is 0 Å². The summed E-state index contributed by atoms with van der Waals surface area (Å²) in [5.74, 6) is 0. The summed E-state index contributed by atoms with van der Waals surface area (Å²) < 4.78 is 16.1. The second kappa shape index (κ2) is 16.9. The first-order chi connectivity index (χ1) is 39.2. The normalized spacial score (nSPS) is 12.1. The van der Waals surface area contributed by atoms with E-state index in [0.717, 1.165) is 111 Å². The smallest absolute Gasteiger partial charge is 0.159 e. The third-order valence-corrected chi connectivity index (χ3v) is 16.4. The fraction of sp³-hybridized carbons (Fsp3) is 0. The van der Waals surface area contributed by atoms with Gasteiger partial charge in [0.15, 0.2) is 11.2 Å². The molecule has 17 aromatic rings. The molecule has 0 atom stereocenters. The average Bonchev–Trinajstić information content (AvgIpc) is 4.05. The van der Waals surface area contributed by atoms with Gasteiger partial charge in [0.05, 0.1) is 39.3 Å². The molecule has 0 bridgehead atoms. The maximum absolute atomic E-state index is 6.80. The lowest BCUT2D eigenvalue weighted by atomic mass is 10.00. The fourth-order valence-electron chi connectivity index (χ4n) is 12.9. The zero-order valence-electron chi connectivity index (χ0n) is 42.6. The molecule has 0 unspecified atom stereocenters. The Hall–Kier alpha value is -10.6. The topological polar surface area (TPSA) is 37.2 Å². The van der Waals surface area contributed by atoms with Gasteiger partial charge in [-0.2, -0.15) is 0 Å². The summed E-state index contributed by atoms with van der Waals surface area (Å²) in [6.45, 7) is 0. The van der Waals surface area contributed by atoms with Crippen molar-refractivity contribution in [3.05, 3.63) is 273 Å². The van der Waals surface area contributed by atoms with Gasteiger partial charge >= 0.3 is 0 Å². The molecule has 368 valence electrons. The van der Waals surface area contributed by atoms with Crippen molar-refractivity contribution in [3.8, 4) is 22.3 Å². The summed E-state index contributed by atoms with van der Waals surface area (Å²) in [5, 5.41) is 14.0. The predicted molar refractivity (Wildman–Crippen MR) is 331 cm³/mol. The van der Waals surface area contributed by atoms with Crippen LogP contribution in [0.15, 0.2) is 282 Å². The molecule has 0 N–H and O–H groups in total. The number of aromatic nitrogens is 1. The van der Waals surface area contributed by atoms with Gasteiger partial charge in [-0.3, -0.25) is 0 Å². The van der Waals surface area contributed by atoms with Crippen LogP contribution in [0.2, 0.25) is 0 Å². The predicted octanol–water partition coefficient (Wildman–Crippen LogP) is 21.2. The Morgan fingerprint density at radius 1 is 0.266 bits per heavy atom. The second-order valence-corrected chi connectivity index (χ2v) is 20.8. The molecule has 5 heteroatoms. The first kappa shape index (κ1) is 43.6. The SMILES string of the molecule is c1ccc(-c2ccccc2N(c2ccc3cc4c5cccc6c7cc8ccc(N(c9ccccc9-c9ccccc9)c9cccc%10c9oc9ccccc9%10)cc8cc7n(c4cc3c2)c56)c2cccc3c2oc2ccccc23)cc1. The number of fused-ring (bicyclic) bond motifs is 14. The van der Waals surface area contributed by atoms with Crippen molar-refractivity contribution < 1.29 is 8.83 Å². The first-order valence-corrected chi connectivity index (χ1v) is 27.0. The van der Waals surface area contributed by atoms with E-state index in [4.69, 9.17) is 8.83 Å². The highest BCUT2D eigenvalue weighted by atomic mass is 16.3. The first-order valence-electron chi connectivity index (χ1n) is 27.0. The van der Waals surface area contributed by atoms with Gasteiger partial charge in [0, 0.05) is 65.6 Å². The molecule has 0 aliphatic carbocycles. The number of para-hydroxylation sites is 7. The van der Waals surface area contributed by atoms with Crippen LogP contribution in [-0.4, -0.2) is 4.40 Å². The third kappa shape index (κ3) is 6.57. The second-order valence-electron chi connectivity index (χ2n) is 20.8. The number of furan rings is 2. The highest BCUT2D eigenvalue weighted by Crippen LogP contribution is 2.49. The summed E-state index contributed by atoms with van der Waals surface area (Å²) in [6.07, 6.45) is 0. The van der Waals surface area contributed by atoms with Crippen molar-refractivity contribution in [3.63, 3.8) is 0 Å². The van der Waals surface area contributed by atoms with Gasteiger partial charge in [0.25, 0.3) is 0 Å². The zero-order valence-corrected chi connectivity index (χ0v) is 42.6. The molecule has 0 fully saturated rings. The van der Waals surface area contributed by atoms with Crippen molar-refractivity contribution in [2.75, 3.05) is 9.80 Å². The van der Waals surface area contributed by atoms with Crippen molar-refractivity contribution >= 4 is 138 Å². The van der Waals surface area contributed by atoms with E-state index in [0.29, 0.717) is 0 Å². The van der Waals surface area contributed by atoms with Crippen LogP contribution in [0.5, 0.6) is 0 Å². The molecule has 0 aliphatic heterocycles. The van der Waals surface area contributed by atoms with Gasteiger partial charge in [-0.1, -0.05) is 188 Å². The molecule has 0 saturated carbocycles. The van der Waals surface area contributed by atoms with E-state index in [2.05, 4.69) is 275 Å². The Balaban J connectivity index is 0.880. The van der Waals surface area contributed by atoms with Gasteiger partial charge in [-0.15, -0.1) is 0 Å². The summed E-state index contributed by atoms with van der Waals surface area (Å²) in [5.41, 5.74) is 17.7. The van der Waals surface area contributed by atoms with E-state index in [1.165, 1.54) is 48.9 Å². The molecule has 17 rings (SSSR count). The van der Waals surface area contributed by atoms with Crippen LogP contribution < -0.4 is 9.80 Å². The van der Waals surface area contributed by atoms with Crippen molar-refractivity contribution in [1.29, 1.82) is 0 Å². The molecule has 0 radical (unpaired) electrons. The standard InChI is InChI=1S/C74H45N3O2/c1-3-18-46(19-4-1)54-22-7-11-30-64(54)75(66-32-16-28-60-56-24-9-13-34-70(56)78-73(60)66)52-38-36-48-42-62-58-26-15-27-59-63-43-49-37-39-53(41-51(49)45-69(63)77(72(58)59)68(62)44-50(48)40-52)76(65-31-12-8-23-55(65)47-20-5-2-6-21-47)67-33-17-29-61-57-25-10-14-35-71(57)79-74(61)67/h1-45H. The van der Waals surface area contributed by atoms with E-state index >= 15 is 0 Å². The minimum atomic E-state index is 0.850. The van der Waals surface area contributed by atoms with Gasteiger partial charge < -0.3 is 23.0 Å². The molecular weight excluding hydrogens is 963 g/mol. The highest BCUT2D eigenvalue weighted by Gasteiger charge is 2.26. The number of hydrogen-bond donors (Lipinski definition) is 0. The number of anilines is 6. The Kier molecular flexibility index (Phi) is 9.35. The van der Waals surface area contributed by atoms with Gasteiger partial charge in [-0.25, -0.2) is 0 Å². The Bertz CT molecular complexity index is 4960. The summed E-state index contributed by atoms with van der Waals surface area (Å²) in [7, 11) is 0. The van der Waals surface area contributed by atoms with Crippen LogP contribution >= 0.6 is 0 Å². The van der Waals surface area contributed by atoms with E-state index in [1.54, 1.807) is 0 Å². The maximum atomic E-state index is 6.80. The van der Waals surface area contributed by atoms with Gasteiger partial charge in [-0.05, 0) is 118 Å². The van der Waals surface area contributed by atoms with Crippen molar-refractivity contribution in [1.82, 2.24) is 4.40 Å². The Morgan fingerprint density at radius 2 is 0.658 bits per heavy atom. The van der Waals surface area contributed by atoms with Crippen molar-refractivity contribution in [2.45, 2.75) is 0 Å². The number of rotatable bonds is 8. The fourth-order valence-corrected chi connectivity index (χ4v) is 12.9. The number of nitrogens with zero attached hydrogens (tertiary/aromatic N) is 3. The van der Waals surface area contributed by atoms with Gasteiger partial charge in [0.1, 0.15) is 11.2 Å². The molecule has 5 nitrogen and oxygen atoms in total. The van der Waals surface area contributed by atoms with E-state index in [9.17, 15) is 0 Å². The van der Waals surface area contributed by atoms with Crippen molar-refractivity contribution in [2.24, 2.45) is 0 Å². The molecular formula is C74H45N3O2. The lowest BCUT2D eigenvalue weighted by Crippen LogP contribution is -2.11. The van der Waals surface area contributed by atoms with E-state index < -0.39 is 0 Å². The summed E-state index contributed by atoms with van der Waals surface area (Å²) in [4.78, 5) is 4.77. The molecule has 0 amide bonds. The summed E-state index contributed by atoms with van der Waals surface area (Å²) in [6, 6.07) is 98.7. The van der Waals surface area contributed by atoms with E-state index in [1.807, 2.05) is 12.1 Å². The molecule has 0 saturated heterocycles. The van der Waals surface area contributed by atoms with Crippen LogP contribution in [0.4, 0.5) is 34.1 Å². The van der Waals surface area contributed by atoms with Crippen LogP contribution in [0.3, 0.4) is 0 Å². The van der Waals surface area contributed by atoms with Crippen LogP contribution in [0.25, 0.3) is 126 Å². The molecule has 13 aromatic carbocycles. The molecule has 0 aliphatic rings. The van der Waals surface area contributed by atoms with Crippen LogP contribution in [0, 0.1) is 0 Å². The highest BCUT2D eigenvalue weighted by molar-refractivity contribution is 6.26. The van der Waals surface area contributed by atoms with Crippen LogP contribution in [0.1, 0.15) is 0 Å². The zero-order chi connectivity index (χ0) is 51.7. The quantitative estimate of drug-likeness (QED) is 0.152. The third-order valence-electron chi connectivity index (χ3n) is 16.4. The number of hydrogen-bond acceptors (Lipinski definition) is 4. The monoisotopic (exact) mass is 1010 g/mol. The largest absolute Gasteiger partial charge is 0.454 e. The lowest BCUT2D eigenvalue weighted by Gasteiger charge is -2.28. The van der Waals surface area contributed by atoms with Crippen LogP contribution in [-0.2, 0) is 0 Å². The Morgan fingerprint density at radius 3 is 1.15 bits per heavy atom. The molecule has 4 aromatic heterocycles. The molecule has 4 heterocycles. The van der Waals surface area contributed by atoms with Gasteiger partial charge in [0.2, 0.25) is 0 Å². The summed E-state index contributed by atoms with van der Waals surface area (Å²) >= 11 is 0. The molecule has 79 heavy (non-hydrogen) atoms. The lowest BCUT2D eigenvalue weighted by molar-refractivity contribution is 0.668. The number of benzene rings is 13. The minimum absolute atomic E-state index is 0.850. The Labute approximate surface area is 453 Å². The maximum Gasteiger partial charge on any atom is 0.159 e. The average molecular weight is 1010 g/mol. The molecule has 0 spiro atoms.